The van der Waals surface area contributed by atoms with Crippen LogP contribution in [-0.4, -0.2) is 51.2 Å². The molecule has 3 atom stereocenters. The third kappa shape index (κ3) is 4.33. The molecule has 0 bridgehead atoms. The molecule has 1 aromatic heterocycles. The summed E-state index contributed by atoms with van der Waals surface area (Å²) in [5.41, 5.74) is 7.68. The molecule has 22 heavy (non-hydrogen) atoms. The summed E-state index contributed by atoms with van der Waals surface area (Å²) in [7, 11) is -2.98. The summed E-state index contributed by atoms with van der Waals surface area (Å²) in [5.74, 6) is 0.677. The number of nitrogens with zero attached hydrogens (tertiary/aromatic N) is 2. The third-order valence-electron chi connectivity index (χ3n) is 4.07. The van der Waals surface area contributed by atoms with Crippen LogP contribution in [-0.2, 0) is 14.6 Å². The summed E-state index contributed by atoms with van der Waals surface area (Å²) in [5, 5.41) is 0. The number of nitrogens with two attached hydrogens (primary N) is 1. The molecule has 1 fully saturated rings. The molecule has 0 radical (unpaired) electrons. The Morgan fingerprint density at radius 2 is 2.00 bits per heavy atom. The van der Waals surface area contributed by atoms with Crippen LogP contribution < -0.4 is 10.6 Å². The van der Waals surface area contributed by atoms with Gasteiger partial charge in [-0.3, -0.25) is 4.98 Å². The van der Waals surface area contributed by atoms with Gasteiger partial charge in [-0.2, -0.15) is 0 Å². The zero-order chi connectivity index (χ0) is 16.3. The highest BCUT2D eigenvalue weighted by Crippen LogP contribution is 2.31. The SMILES string of the molecule is C[C@@H]1CN(c2ccncc2N)C[C@H](C)[C@@H]1OCCS(C)(=O)=O. The molecule has 124 valence electrons. The van der Waals surface area contributed by atoms with Crippen molar-refractivity contribution in [1.82, 2.24) is 4.98 Å². The van der Waals surface area contributed by atoms with E-state index in [2.05, 4.69) is 23.7 Å². The Kier molecular flexibility index (Phi) is 5.28. The number of hydrogen-bond acceptors (Lipinski definition) is 6. The molecule has 0 spiro atoms. The fourth-order valence-corrected chi connectivity index (χ4v) is 3.49. The summed E-state index contributed by atoms with van der Waals surface area (Å²) in [6.07, 6.45) is 4.72. The zero-order valence-electron chi connectivity index (χ0n) is 13.4. The molecule has 2 rings (SSSR count). The minimum atomic E-state index is -2.98. The van der Waals surface area contributed by atoms with Gasteiger partial charge in [0.15, 0.2) is 0 Å². The molecule has 6 nitrogen and oxygen atoms in total. The molecule has 1 aliphatic rings. The maximum Gasteiger partial charge on any atom is 0.149 e. The molecule has 0 amide bonds. The van der Waals surface area contributed by atoms with Gasteiger partial charge >= 0.3 is 0 Å². The van der Waals surface area contributed by atoms with E-state index in [1.54, 1.807) is 12.4 Å². The Bertz CT molecular complexity index is 594. The van der Waals surface area contributed by atoms with Crippen LogP contribution in [0.2, 0.25) is 0 Å². The van der Waals surface area contributed by atoms with Gasteiger partial charge in [0.2, 0.25) is 0 Å². The van der Waals surface area contributed by atoms with Crippen molar-refractivity contribution in [2.75, 3.05) is 42.3 Å². The van der Waals surface area contributed by atoms with Gasteiger partial charge in [0.25, 0.3) is 0 Å². The fraction of sp³-hybridized carbons (Fsp3) is 0.667. The van der Waals surface area contributed by atoms with E-state index in [1.807, 2.05) is 6.07 Å². The predicted octanol–water partition coefficient (Wildman–Crippen LogP) is 1.19. The highest BCUT2D eigenvalue weighted by molar-refractivity contribution is 7.90. The average molecular weight is 327 g/mol. The Balaban J connectivity index is 1.98. The van der Waals surface area contributed by atoms with Crippen molar-refractivity contribution in [1.29, 1.82) is 0 Å². The first-order chi connectivity index (χ1) is 10.3. The van der Waals surface area contributed by atoms with E-state index in [9.17, 15) is 8.42 Å². The van der Waals surface area contributed by atoms with Gasteiger partial charge in [0.05, 0.1) is 36.0 Å². The second kappa shape index (κ2) is 6.83. The lowest BCUT2D eigenvalue weighted by molar-refractivity contribution is -0.0173. The van der Waals surface area contributed by atoms with Crippen LogP contribution in [0.1, 0.15) is 13.8 Å². The van der Waals surface area contributed by atoms with Crippen molar-refractivity contribution in [3.63, 3.8) is 0 Å². The Hall–Kier alpha value is -1.34. The normalized spacial score (nSPS) is 26.1. The molecule has 2 heterocycles. The van der Waals surface area contributed by atoms with Crippen molar-refractivity contribution in [2.45, 2.75) is 20.0 Å². The monoisotopic (exact) mass is 327 g/mol. The molecule has 0 aliphatic carbocycles. The van der Waals surface area contributed by atoms with Gasteiger partial charge in [-0.15, -0.1) is 0 Å². The van der Waals surface area contributed by atoms with Crippen LogP contribution in [0, 0.1) is 11.8 Å². The van der Waals surface area contributed by atoms with Crippen molar-refractivity contribution in [2.24, 2.45) is 11.8 Å². The molecule has 2 N–H and O–H groups in total. The summed E-state index contributed by atoms with van der Waals surface area (Å²) >= 11 is 0. The Labute approximate surface area is 132 Å². The smallest absolute Gasteiger partial charge is 0.149 e. The van der Waals surface area contributed by atoms with Crippen molar-refractivity contribution < 1.29 is 13.2 Å². The number of ether oxygens (including phenoxy) is 1. The number of sulfone groups is 1. The minimum absolute atomic E-state index is 0.0704. The highest BCUT2D eigenvalue weighted by atomic mass is 32.2. The fourth-order valence-electron chi connectivity index (χ4n) is 3.09. The van der Waals surface area contributed by atoms with Crippen molar-refractivity contribution >= 4 is 21.2 Å². The number of hydrogen-bond donors (Lipinski definition) is 1. The van der Waals surface area contributed by atoms with E-state index in [4.69, 9.17) is 10.5 Å². The number of pyridine rings is 1. The minimum Gasteiger partial charge on any atom is -0.396 e. The van der Waals surface area contributed by atoms with E-state index < -0.39 is 9.84 Å². The first-order valence-corrected chi connectivity index (χ1v) is 9.57. The number of rotatable bonds is 5. The summed E-state index contributed by atoms with van der Waals surface area (Å²) in [6, 6.07) is 1.93. The molecule has 0 aromatic carbocycles. The van der Waals surface area contributed by atoms with Crippen molar-refractivity contribution in [3.8, 4) is 0 Å². The molecule has 7 heteroatoms. The van der Waals surface area contributed by atoms with Crippen LogP contribution in [0.15, 0.2) is 18.5 Å². The Morgan fingerprint density at radius 1 is 1.36 bits per heavy atom. The van der Waals surface area contributed by atoms with Crippen LogP contribution >= 0.6 is 0 Å². The van der Waals surface area contributed by atoms with E-state index in [1.165, 1.54) is 6.26 Å². The average Bonchev–Trinajstić information content (AvgIpc) is 2.41. The van der Waals surface area contributed by atoms with E-state index >= 15 is 0 Å². The van der Waals surface area contributed by atoms with Crippen LogP contribution in [0.25, 0.3) is 0 Å². The van der Waals surface area contributed by atoms with Gasteiger partial charge in [-0.05, 0) is 6.07 Å². The predicted molar refractivity (Wildman–Crippen MR) is 88.6 cm³/mol. The lowest BCUT2D eigenvalue weighted by atomic mass is 9.88. The van der Waals surface area contributed by atoms with E-state index in [-0.39, 0.29) is 18.5 Å². The molecule has 1 aromatic rings. The molecular formula is C15H25N3O3S. The molecule has 1 aliphatic heterocycles. The molecule has 1 saturated heterocycles. The van der Waals surface area contributed by atoms with Crippen molar-refractivity contribution in [3.05, 3.63) is 18.5 Å². The molecule has 0 unspecified atom stereocenters. The maximum absolute atomic E-state index is 11.2. The molecular weight excluding hydrogens is 302 g/mol. The number of nitrogen functional groups attached to an aromatic ring is 1. The van der Waals surface area contributed by atoms with E-state index in [0.717, 1.165) is 18.8 Å². The van der Waals surface area contributed by atoms with E-state index in [0.29, 0.717) is 17.5 Å². The largest absolute Gasteiger partial charge is 0.396 e. The third-order valence-corrected chi connectivity index (χ3v) is 4.98. The lowest BCUT2D eigenvalue weighted by Gasteiger charge is -2.42. The highest BCUT2D eigenvalue weighted by Gasteiger charge is 2.33. The standard InChI is InChI=1S/C15H25N3O3S/c1-11-9-18(14-4-5-17-8-13(14)16)10-12(2)15(11)21-6-7-22(3,19)20/h4-5,8,11-12,15H,6-7,9-10,16H2,1-3H3/t11-,12+,15-. The summed E-state index contributed by atoms with van der Waals surface area (Å²) in [4.78, 5) is 6.28. The topological polar surface area (TPSA) is 85.5 Å². The summed E-state index contributed by atoms with van der Waals surface area (Å²) in [6.45, 7) is 6.19. The molecule has 0 saturated carbocycles. The van der Waals surface area contributed by atoms with Crippen LogP contribution in [0.3, 0.4) is 0 Å². The Morgan fingerprint density at radius 3 is 2.55 bits per heavy atom. The zero-order valence-corrected chi connectivity index (χ0v) is 14.2. The van der Waals surface area contributed by atoms with Gasteiger partial charge in [-0.1, -0.05) is 13.8 Å². The second-order valence-electron chi connectivity index (χ2n) is 6.26. The van der Waals surface area contributed by atoms with Gasteiger partial charge in [0.1, 0.15) is 9.84 Å². The quantitative estimate of drug-likeness (QED) is 0.874. The number of piperidine rings is 1. The number of aromatic nitrogens is 1. The summed E-state index contributed by atoms with van der Waals surface area (Å²) < 4.78 is 28.3. The van der Waals surface area contributed by atoms with Gasteiger partial charge < -0.3 is 15.4 Å². The first-order valence-electron chi connectivity index (χ1n) is 7.51. The maximum atomic E-state index is 11.2. The van der Waals surface area contributed by atoms with Gasteiger partial charge in [0, 0.05) is 37.4 Å². The number of anilines is 2. The lowest BCUT2D eigenvalue weighted by Crippen LogP contribution is -2.49. The van der Waals surface area contributed by atoms with Crippen LogP contribution in [0.4, 0.5) is 11.4 Å². The second-order valence-corrected chi connectivity index (χ2v) is 8.52. The first kappa shape index (κ1) is 17.0. The van der Waals surface area contributed by atoms with Gasteiger partial charge in [-0.25, -0.2) is 8.42 Å². The van der Waals surface area contributed by atoms with Crippen LogP contribution in [0.5, 0.6) is 0 Å².